The van der Waals surface area contributed by atoms with E-state index in [1.54, 1.807) is 12.1 Å². The number of hydrogen-bond donors (Lipinski definition) is 2. The molecule has 0 spiro atoms. The van der Waals surface area contributed by atoms with Gasteiger partial charge in [-0.25, -0.2) is 0 Å². The fourth-order valence-corrected chi connectivity index (χ4v) is 4.19. The minimum atomic E-state index is -0.950. The lowest BCUT2D eigenvalue weighted by atomic mass is 10.0. The van der Waals surface area contributed by atoms with Crippen molar-refractivity contribution in [1.29, 1.82) is 0 Å². The number of imide groups is 2. The van der Waals surface area contributed by atoms with E-state index in [1.807, 2.05) is 13.1 Å². The van der Waals surface area contributed by atoms with Gasteiger partial charge in [-0.05, 0) is 25.1 Å². The van der Waals surface area contributed by atoms with Crippen LogP contribution in [0.2, 0.25) is 0 Å². The summed E-state index contributed by atoms with van der Waals surface area (Å²) in [5.41, 5.74) is 1.40. The number of amides is 4. The highest BCUT2D eigenvalue weighted by atomic mass is 16.5. The maximum Gasteiger partial charge on any atom is 0.262 e. The van der Waals surface area contributed by atoms with Crippen molar-refractivity contribution in [2.24, 2.45) is 0 Å². The molecule has 29 heavy (non-hydrogen) atoms. The van der Waals surface area contributed by atoms with E-state index >= 15 is 0 Å². The van der Waals surface area contributed by atoms with Crippen molar-refractivity contribution in [2.75, 3.05) is 33.4 Å². The largest absolute Gasteiger partial charge is 0.378 e. The molecule has 0 bridgehead atoms. The summed E-state index contributed by atoms with van der Waals surface area (Å²) in [6.07, 6.45) is 0.259. The Kier molecular flexibility index (Phi) is 5.44. The summed E-state index contributed by atoms with van der Waals surface area (Å²) in [5, 5.41) is 5.61. The molecule has 2 unspecified atom stereocenters. The fraction of sp³-hybridized carbons (Fsp3) is 0.500. The number of carbonyl (C=O) groups is 4. The van der Waals surface area contributed by atoms with Gasteiger partial charge in [0.15, 0.2) is 0 Å². The van der Waals surface area contributed by atoms with Crippen LogP contribution in [0.15, 0.2) is 18.2 Å². The minimum absolute atomic E-state index is 0.107. The van der Waals surface area contributed by atoms with Gasteiger partial charge in [-0.1, -0.05) is 12.1 Å². The summed E-state index contributed by atoms with van der Waals surface area (Å²) in [4.78, 5) is 52.7. The summed E-state index contributed by atoms with van der Waals surface area (Å²) in [7, 11) is 1.95. The highest BCUT2D eigenvalue weighted by Crippen LogP contribution is 2.30. The zero-order chi connectivity index (χ0) is 20.5. The summed E-state index contributed by atoms with van der Waals surface area (Å²) in [6.45, 7) is 3.39. The van der Waals surface area contributed by atoms with Crippen molar-refractivity contribution < 1.29 is 23.9 Å². The molecule has 1 aromatic rings. The molecule has 3 heterocycles. The normalized spacial score (nSPS) is 24.8. The number of fused-ring (bicyclic) bond motifs is 1. The van der Waals surface area contributed by atoms with Crippen molar-refractivity contribution in [2.45, 2.75) is 31.5 Å². The van der Waals surface area contributed by atoms with Gasteiger partial charge in [-0.2, -0.15) is 0 Å². The maximum atomic E-state index is 13.1. The average Bonchev–Trinajstić information content (AvgIpc) is 2.94. The van der Waals surface area contributed by atoms with E-state index in [-0.39, 0.29) is 24.8 Å². The van der Waals surface area contributed by atoms with Crippen LogP contribution in [0.4, 0.5) is 0 Å². The van der Waals surface area contributed by atoms with Gasteiger partial charge < -0.3 is 15.0 Å². The average molecular weight is 400 g/mol. The topological polar surface area (TPSA) is 108 Å². The molecule has 4 amide bonds. The molecular formula is C20H24N4O5. The van der Waals surface area contributed by atoms with E-state index in [2.05, 4.69) is 15.5 Å². The van der Waals surface area contributed by atoms with Crippen LogP contribution in [0, 0.1) is 0 Å². The molecule has 0 aliphatic carbocycles. The number of carbonyl (C=O) groups excluding carboxylic acids is 4. The molecule has 2 N–H and O–H groups in total. The van der Waals surface area contributed by atoms with E-state index < -0.39 is 23.8 Å². The highest BCUT2D eigenvalue weighted by molar-refractivity contribution is 6.24. The molecule has 3 aliphatic heterocycles. The zero-order valence-corrected chi connectivity index (χ0v) is 16.3. The van der Waals surface area contributed by atoms with Crippen LogP contribution < -0.4 is 10.6 Å². The number of nitrogens with one attached hydrogen (secondary N) is 2. The van der Waals surface area contributed by atoms with Crippen molar-refractivity contribution in [1.82, 2.24) is 20.4 Å². The third kappa shape index (κ3) is 3.81. The number of piperidine rings is 1. The van der Waals surface area contributed by atoms with Crippen LogP contribution in [0.1, 0.15) is 39.1 Å². The summed E-state index contributed by atoms with van der Waals surface area (Å²) in [5.74, 6) is -1.93. The lowest BCUT2D eigenvalue weighted by molar-refractivity contribution is -0.136. The summed E-state index contributed by atoms with van der Waals surface area (Å²) in [6, 6.07) is 4.46. The molecule has 2 fully saturated rings. The third-order valence-corrected chi connectivity index (χ3v) is 5.53. The van der Waals surface area contributed by atoms with Gasteiger partial charge in [0.05, 0.1) is 24.3 Å². The Hall–Kier alpha value is -2.62. The first-order chi connectivity index (χ1) is 14.0. The molecule has 0 aromatic heterocycles. The number of benzene rings is 1. The first-order valence-corrected chi connectivity index (χ1v) is 9.79. The second-order valence-corrected chi connectivity index (χ2v) is 7.71. The Morgan fingerprint density at radius 2 is 2.03 bits per heavy atom. The molecule has 9 heteroatoms. The van der Waals surface area contributed by atoms with Crippen molar-refractivity contribution in [3.05, 3.63) is 34.9 Å². The standard InChI is InChI=1S/C20H24N4O5/c1-23(10-13-11-29-8-7-21-13)9-12-3-2-4-14-17(12)20(28)24(19(14)27)15-5-6-16(25)22-18(15)26/h2-4,13,15,21H,5-11H2,1H3,(H,22,25,26). The highest BCUT2D eigenvalue weighted by Gasteiger charge is 2.45. The van der Waals surface area contributed by atoms with Crippen LogP contribution in [0.5, 0.6) is 0 Å². The van der Waals surface area contributed by atoms with E-state index in [0.29, 0.717) is 30.9 Å². The first kappa shape index (κ1) is 19.7. The zero-order valence-electron chi connectivity index (χ0n) is 16.3. The maximum absolute atomic E-state index is 13.1. The van der Waals surface area contributed by atoms with E-state index in [4.69, 9.17) is 4.74 Å². The van der Waals surface area contributed by atoms with E-state index in [1.165, 1.54) is 0 Å². The van der Waals surface area contributed by atoms with Crippen molar-refractivity contribution >= 4 is 23.6 Å². The van der Waals surface area contributed by atoms with Crippen molar-refractivity contribution in [3.63, 3.8) is 0 Å². The Balaban J connectivity index is 1.53. The number of rotatable bonds is 5. The van der Waals surface area contributed by atoms with Crippen LogP contribution >= 0.6 is 0 Å². The monoisotopic (exact) mass is 400 g/mol. The second kappa shape index (κ2) is 8.02. The Morgan fingerprint density at radius 3 is 2.76 bits per heavy atom. The van der Waals surface area contributed by atoms with Gasteiger partial charge in [-0.3, -0.25) is 29.4 Å². The van der Waals surface area contributed by atoms with E-state index in [9.17, 15) is 19.2 Å². The van der Waals surface area contributed by atoms with Gasteiger partial charge in [0.25, 0.3) is 11.8 Å². The first-order valence-electron chi connectivity index (χ1n) is 9.79. The molecule has 0 saturated carbocycles. The molecular weight excluding hydrogens is 376 g/mol. The van der Waals surface area contributed by atoms with Gasteiger partial charge in [0.1, 0.15) is 6.04 Å². The molecule has 3 aliphatic rings. The van der Waals surface area contributed by atoms with E-state index in [0.717, 1.165) is 23.6 Å². The number of likely N-dealkylation sites (N-methyl/N-ethyl adjacent to an activating group) is 1. The molecule has 0 radical (unpaired) electrons. The van der Waals surface area contributed by atoms with Crippen LogP contribution in [-0.2, 0) is 20.9 Å². The Labute approximate surface area is 168 Å². The number of ether oxygens (including phenoxy) is 1. The van der Waals surface area contributed by atoms with Crippen LogP contribution in [0.25, 0.3) is 0 Å². The minimum Gasteiger partial charge on any atom is -0.378 e. The molecule has 154 valence electrons. The lowest BCUT2D eigenvalue weighted by Crippen LogP contribution is -2.54. The van der Waals surface area contributed by atoms with Crippen LogP contribution in [0.3, 0.4) is 0 Å². The van der Waals surface area contributed by atoms with Gasteiger partial charge in [0, 0.05) is 32.1 Å². The predicted octanol–water partition coefficient (Wildman–Crippen LogP) is -0.492. The Bertz CT molecular complexity index is 864. The molecule has 2 saturated heterocycles. The molecule has 1 aromatic carbocycles. The Morgan fingerprint density at radius 1 is 1.21 bits per heavy atom. The number of nitrogens with zero attached hydrogens (tertiary/aromatic N) is 2. The van der Waals surface area contributed by atoms with Crippen LogP contribution in [-0.4, -0.2) is 78.9 Å². The predicted molar refractivity (Wildman–Crippen MR) is 102 cm³/mol. The molecule has 4 rings (SSSR count). The number of hydrogen-bond acceptors (Lipinski definition) is 7. The quantitative estimate of drug-likeness (QED) is 0.642. The van der Waals surface area contributed by atoms with Gasteiger partial charge >= 0.3 is 0 Å². The third-order valence-electron chi connectivity index (χ3n) is 5.53. The smallest absolute Gasteiger partial charge is 0.262 e. The molecule has 9 nitrogen and oxygen atoms in total. The lowest BCUT2D eigenvalue weighted by Gasteiger charge is -2.29. The summed E-state index contributed by atoms with van der Waals surface area (Å²) >= 11 is 0. The SMILES string of the molecule is CN(Cc1cccc2c1C(=O)N(C1CCC(=O)NC1=O)C2=O)CC1COCCN1. The van der Waals surface area contributed by atoms with Gasteiger partial charge in [-0.15, -0.1) is 0 Å². The van der Waals surface area contributed by atoms with Gasteiger partial charge in [0.2, 0.25) is 11.8 Å². The second-order valence-electron chi connectivity index (χ2n) is 7.71. The molecule has 2 atom stereocenters. The fourth-order valence-electron chi connectivity index (χ4n) is 4.19. The summed E-state index contributed by atoms with van der Waals surface area (Å²) < 4.78 is 5.48. The van der Waals surface area contributed by atoms with Crippen molar-refractivity contribution in [3.8, 4) is 0 Å². The number of morpholine rings is 1.